The predicted octanol–water partition coefficient (Wildman–Crippen LogP) is 2.41. The van der Waals surface area contributed by atoms with E-state index >= 15 is 0 Å². The summed E-state index contributed by atoms with van der Waals surface area (Å²) < 4.78 is 0. The summed E-state index contributed by atoms with van der Waals surface area (Å²) in [5.41, 5.74) is 8.27. The van der Waals surface area contributed by atoms with E-state index in [2.05, 4.69) is 29.2 Å². The fraction of sp³-hybridized carbons (Fsp3) is 0.538. The minimum absolute atomic E-state index is 0.533. The maximum Gasteiger partial charge on any atom is 0.0701 e. The summed E-state index contributed by atoms with van der Waals surface area (Å²) >= 11 is 1.87. The van der Waals surface area contributed by atoms with Crippen molar-refractivity contribution in [1.29, 1.82) is 0 Å². The lowest BCUT2D eigenvalue weighted by Crippen LogP contribution is -2.42. The molecule has 0 saturated carbocycles. The van der Waals surface area contributed by atoms with Gasteiger partial charge in [0, 0.05) is 30.2 Å². The summed E-state index contributed by atoms with van der Waals surface area (Å²) in [6, 6.07) is 0. The molecule has 3 aliphatic heterocycles. The number of thioether (sulfide) groups is 1. The lowest BCUT2D eigenvalue weighted by Gasteiger charge is -2.39. The van der Waals surface area contributed by atoms with Gasteiger partial charge in [-0.2, -0.15) is 0 Å². The van der Waals surface area contributed by atoms with Crippen molar-refractivity contribution in [3.8, 4) is 0 Å². The summed E-state index contributed by atoms with van der Waals surface area (Å²) in [5, 5.41) is 5.28. The molecule has 17 heavy (non-hydrogen) atoms. The highest BCUT2D eigenvalue weighted by atomic mass is 32.2. The van der Waals surface area contributed by atoms with Gasteiger partial charge in [-0.1, -0.05) is 6.42 Å². The molecule has 0 aliphatic carbocycles. The van der Waals surface area contributed by atoms with E-state index in [9.17, 15) is 0 Å². The summed E-state index contributed by atoms with van der Waals surface area (Å²) in [6.07, 6.45) is 10.4. The molecule has 1 fully saturated rings. The molecule has 0 aromatic rings. The van der Waals surface area contributed by atoms with Gasteiger partial charge in [0.05, 0.1) is 10.6 Å². The van der Waals surface area contributed by atoms with Crippen molar-refractivity contribution in [2.45, 2.75) is 31.4 Å². The molecule has 1 atom stereocenters. The normalized spacial score (nSPS) is 29.6. The smallest absolute Gasteiger partial charge is 0.0701 e. The van der Waals surface area contributed by atoms with E-state index in [0.717, 1.165) is 18.8 Å². The number of nitrogens with two attached hydrogens (primary N) is 1. The minimum Gasteiger partial charge on any atom is -0.398 e. The van der Waals surface area contributed by atoms with Crippen molar-refractivity contribution in [1.82, 2.24) is 10.0 Å². The van der Waals surface area contributed by atoms with Crippen LogP contribution in [0.1, 0.15) is 26.2 Å². The molecule has 2 N–H and O–H groups in total. The van der Waals surface area contributed by atoms with Crippen molar-refractivity contribution in [3.05, 3.63) is 34.7 Å². The maximum absolute atomic E-state index is 6.06. The number of allylic oxidation sites excluding steroid dienone is 1. The number of hydrazine groups is 1. The van der Waals surface area contributed by atoms with Crippen LogP contribution in [0.3, 0.4) is 0 Å². The third kappa shape index (κ3) is 2.00. The van der Waals surface area contributed by atoms with Crippen molar-refractivity contribution in [2.75, 3.05) is 13.1 Å². The van der Waals surface area contributed by atoms with Crippen molar-refractivity contribution >= 4 is 11.8 Å². The molecule has 3 heterocycles. The summed E-state index contributed by atoms with van der Waals surface area (Å²) in [6.45, 7) is 4.55. The lowest BCUT2D eigenvalue weighted by atomic mass is 10.1. The average Bonchev–Trinajstić information content (AvgIpc) is 2.73. The van der Waals surface area contributed by atoms with Crippen LogP contribution in [0.15, 0.2) is 34.7 Å². The van der Waals surface area contributed by atoms with Crippen LogP contribution in [0.4, 0.5) is 0 Å². The Morgan fingerprint density at radius 2 is 2.06 bits per heavy atom. The Labute approximate surface area is 107 Å². The van der Waals surface area contributed by atoms with Gasteiger partial charge in [0.1, 0.15) is 0 Å². The van der Waals surface area contributed by atoms with Crippen LogP contribution in [-0.2, 0) is 0 Å². The number of piperidine rings is 1. The Hall–Kier alpha value is -0.870. The highest BCUT2D eigenvalue weighted by Crippen LogP contribution is 2.42. The molecular weight excluding hydrogens is 230 g/mol. The number of hydrogen-bond acceptors (Lipinski definition) is 4. The zero-order valence-electron chi connectivity index (χ0n) is 10.2. The number of hydrogen-bond donors (Lipinski definition) is 1. The molecule has 3 rings (SSSR count). The second kappa shape index (κ2) is 4.42. The van der Waals surface area contributed by atoms with Gasteiger partial charge in [0.25, 0.3) is 0 Å². The highest BCUT2D eigenvalue weighted by molar-refractivity contribution is 8.04. The molecule has 0 bridgehead atoms. The maximum atomic E-state index is 6.06. The SMILES string of the molecule is CC1C=C2C(=C(N)C=CN2N2CCCCC2)S1. The zero-order valence-corrected chi connectivity index (χ0v) is 11.0. The Morgan fingerprint density at radius 3 is 2.82 bits per heavy atom. The van der Waals surface area contributed by atoms with Crippen LogP contribution >= 0.6 is 11.8 Å². The molecule has 3 aliphatic rings. The predicted molar refractivity (Wildman–Crippen MR) is 72.8 cm³/mol. The van der Waals surface area contributed by atoms with Gasteiger partial charge >= 0.3 is 0 Å². The van der Waals surface area contributed by atoms with Crippen LogP contribution in [0.5, 0.6) is 0 Å². The standard InChI is InChI=1S/C13H19N3S/c1-10-9-12-13(17-10)11(14)5-8-16(12)15-6-3-2-4-7-15/h5,8-10H,2-4,6-7,14H2,1H3. The van der Waals surface area contributed by atoms with Gasteiger partial charge in [-0.05, 0) is 31.9 Å². The Balaban J connectivity index is 1.87. The molecule has 92 valence electrons. The van der Waals surface area contributed by atoms with Crippen molar-refractivity contribution in [3.63, 3.8) is 0 Å². The molecule has 1 saturated heterocycles. The second-order valence-corrected chi connectivity index (χ2v) is 6.22. The van der Waals surface area contributed by atoms with Crippen LogP contribution in [0, 0.1) is 0 Å². The Morgan fingerprint density at radius 1 is 1.29 bits per heavy atom. The number of nitrogens with zero attached hydrogens (tertiary/aromatic N) is 2. The van der Waals surface area contributed by atoms with E-state index in [4.69, 9.17) is 5.73 Å². The first-order valence-corrected chi connectivity index (χ1v) is 7.24. The average molecular weight is 249 g/mol. The Bertz CT molecular complexity index is 405. The van der Waals surface area contributed by atoms with Gasteiger partial charge in [0.15, 0.2) is 0 Å². The van der Waals surface area contributed by atoms with E-state index in [1.807, 2.05) is 17.8 Å². The fourth-order valence-corrected chi connectivity index (χ4v) is 3.68. The first-order valence-electron chi connectivity index (χ1n) is 6.36. The Kier molecular flexibility index (Phi) is 2.92. The third-order valence-corrected chi connectivity index (χ3v) is 4.66. The first-order chi connectivity index (χ1) is 8.25. The summed E-state index contributed by atoms with van der Waals surface area (Å²) in [7, 11) is 0. The van der Waals surface area contributed by atoms with E-state index in [1.54, 1.807) is 0 Å². The summed E-state index contributed by atoms with van der Waals surface area (Å²) in [4.78, 5) is 1.26. The van der Waals surface area contributed by atoms with Crippen molar-refractivity contribution in [2.24, 2.45) is 5.73 Å². The van der Waals surface area contributed by atoms with Crippen LogP contribution in [0.2, 0.25) is 0 Å². The van der Waals surface area contributed by atoms with Crippen LogP contribution in [0.25, 0.3) is 0 Å². The fourth-order valence-electron chi connectivity index (χ4n) is 2.62. The first kappa shape index (κ1) is 11.2. The quantitative estimate of drug-likeness (QED) is 0.773. The van der Waals surface area contributed by atoms with Gasteiger partial charge < -0.3 is 5.73 Å². The van der Waals surface area contributed by atoms with Crippen LogP contribution < -0.4 is 5.73 Å². The largest absolute Gasteiger partial charge is 0.398 e. The molecule has 1 unspecified atom stereocenters. The summed E-state index contributed by atoms with van der Waals surface area (Å²) in [5.74, 6) is 0. The minimum atomic E-state index is 0.533. The van der Waals surface area contributed by atoms with Gasteiger partial charge in [0.2, 0.25) is 0 Å². The highest BCUT2D eigenvalue weighted by Gasteiger charge is 2.30. The second-order valence-electron chi connectivity index (χ2n) is 4.83. The topological polar surface area (TPSA) is 32.5 Å². The monoisotopic (exact) mass is 249 g/mol. The van der Waals surface area contributed by atoms with Gasteiger partial charge in [-0.25, -0.2) is 5.01 Å². The van der Waals surface area contributed by atoms with E-state index < -0.39 is 0 Å². The molecule has 0 aromatic heterocycles. The molecular formula is C13H19N3S. The van der Waals surface area contributed by atoms with E-state index in [1.165, 1.54) is 29.9 Å². The molecule has 0 radical (unpaired) electrons. The van der Waals surface area contributed by atoms with Gasteiger partial charge in [-0.15, -0.1) is 11.8 Å². The van der Waals surface area contributed by atoms with Crippen LogP contribution in [-0.4, -0.2) is 28.4 Å². The molecule has 3 nitrogen and oxygen atoms in total. The molecule has 0 spiro atoms. The molecule has 4 heteroatoms. The number of fused-ring (bicyclic) bond motifs is 1. The van der Waals surface area contributed by atoms with E-state index in [0.29, 0.717) is 5.25 Å². The van der Waals surface area contributed by atoms with E-state index in [-0.39, 0.29) is 0 Å². The third-order valence-electron chi connectivity index (χ3n) is 3.47. The molecule has 0 aromatic carbocycles. The zero-order chi connectivity index (χ0) is 11.8. The number of rotatable bonds is 1. The molecule has 0 amide bonds. The lowest BCUT2D eigenvalue weighted by molar-refractivity contribution is 0.0365. The van der Waals surface area contributed by atoms with Crippen molar-refractivity contribution < 1.29 is 0 Å². The van der Waals surface area contributed by atoms with Gasteiger partial charge in [-0.3, -0.25) is 5.01 Å².